The molecule has 0 bridgehead atoms. The van der Waals surface area contributed by atoms with E-state index in [1.54, 1.807) is 12.1 Å². The number of carbonyl (C=O) groups excluding carboxylic acids is 1. The Labute approximate surface area is 114 Å². The van der Waals surface area contributed by atoms with Crippen molar-refractivity contribution >= 4 is 34.5 Å². The molecule has 4 nitrogen and oxygen atoms in total. The molecule has 1 aromatic rings. The van der Waals surface area contributed by atoms with Gasteiger partial charge in [-0.2, -0.15) is 0 Å². The van der Waals surface area contributed by atoms with E-state index in [-0.39, 0.29) is 5.91 Å². The summed E-state index contributed by atoms with van der Waals surface area (Å²) in [6.07, 6.45) is 1.15. The van der Waals surface area contributed by atoms with Crippen LogP contribution in [0.25, 0.3) is 0 Å². The summed E-state index contributed by atoms with van der Waals surface area (Å²) in [4.78, 5) is 22.8. The van der Waals surface area contributed by atoms with Crippen LogP contribution in [0.15, 0.2) is 24.3 Å². The molecule has 0 heterocycles. The number of halogens is 1. The molecule has 0 saturated heterocycles. The molecule has 0 radical (unpaired) electrons. The quantitative estimate of drug-likeness (QED) is 0.803. The zero-order valence-corrected chi connectivity index (χ0v) is 11.6. The summed E-state index contributed by atoms with van der Waals surface area (Å²) in [6, 6.07) is 6.27. The number of carbonyl (C=O) groups is 2. The summed E-state index contributed by atoms with van der Waals surface area (Å²) in [5, 5.41) is 11.5. The first kappa shape index (κ1) is 14.0. The summed E-state index contributed by atoms with van der Waals surface area (Å²) in [6.45, 7) is 1.88. The predicted octanol–water partition coefficient (Wildman–Crippen LogP) is 2.27. The predicted molar refractivity (Wildman–Crippen MR) is 73.0 cm³/mol. The molecular weight excluding hydrogens is 333 g/mol. The lowest BCUT2D eigenvalue weighted by atomic mass is 10.1. The van der Waals surface area contributed by atoms with Gasteiger partial charge < -0.3 is 10.4 Å². The highest BCUT2D eigenvalue weighted by atomic mass is 127. The maximum Gasteiger partial charge on any atom is 0.326 e. The van der Waals surface area contributed by atoms with E-state index < -0.39 is 12.0 Å². The molecule has 0 fully saturated rings. The van der Waals surface area contributed by atoms with Gasteiger partial charge in [0.2, 0.25) is 0 Å². The molecule has 1 rings (SSSR count). The Morgan fingerprint density at radius 3 is 2.59 bits per heavy atom. The second-order valence-corrected chi connectivity index (χ2v) is 4.79. The molecule has 0 aliphatic rings. The van der Waals surface area contributed by atoms with Crippen molar-refractivity contribution in [1.82, 2.24) is 5.32 Å². The minimum atomic E-state index is -0.994. The van der Waals surface area contributed by atoms with Crippen molar-refractivity contribution in [2.24, 2.45) is 0 Å². The first-order valence-corrected chi connectivity index (χ1v) is 6.42. The van der Waals surface area contributed by atoms with E-state index in [1.807, 2.05) is 19.1 Å². The van der Waals surface area contributed by atoms with Crippen LogP contribution in [0.4, 0.5) is 0 Å². The van der Waals surface area contributed by atoms with Crippen LogP contribution in [0.1, 0.15) is 30.1 Å². The Morgan fingerprint density at radius 1 is 1.41 bits per heavy atom. The summed E-state index contributed by atoms with van der Waals surface area (Å²) in [5.74, 6) is -1.33. The number of carboxylic acid groups (broad SMARTS) is 1. The topological polar surface area (TPSA) is 66.4 Å². The lowest BCUT2D eigenvalue weighted by Gasteiger charge is -2.14. The van der Waals surface area contributed by atoms with Crippen LogP contribution in [0.2, 0.25) is 0 Å². The number of benzene rings is 1. The van der Waals surface area contributed by atoms with Gasteiger partial charge in [0.05, 0.1) is 5.56 Å². The van der Waals surface area contributed by atoms with Gasteiger partial charge in [-0.05, 0) is 41.1 Å². The van der Waals surface area contributed by atoms with Crippen LogP contribution in [-0.4, -0.2) is 23.0 Å². The first-order valence-electron chi connectivity index (χ1n) is 5.34. The molecule has 1 aromatic carbocycles. The number of hydrogen-bond donors (Lipinski definition) is 2. The molecule has 2 N–H and O–H groups in total. The smallest absolute Gasteiger partial charge is 0.326 e. The normalized spacial score (nSPS) is 11.9. The lowest BCUT2D eigenvalue weighted by Crippen LogP contribution is -2.40. The van der Waals surface area contributed by atoms with Gasteiger partial charge in [-0.3, -0.25) is 4.79 Å². The molecule has 0 aromatic heterocycles. The van der Waals surface area contributed by atoms with Gasteiger partial charge >= 0.3 is 5.97 Å². The highest BCUT2D eigenvalue weighted by Crippen LogP contribution is 2.11. The number of rotatable bonds is 5. The molecule has 0 aliphatic heterocycles. The van der Waals surface area contributed by atoms with Crippen LogP contribution < -0.4 is 5.32 Å². The fourth-order valence-corrected chi connectivity index (χ4v) is 2.06. The molecule has 1 amide bonds. The Balaban J connectivity index is 2.77. The van der Waals surface area contributed by atoms with Crippen LogP contribution in [-0.2, 0) is 4.79 Å². The minimum absolute atomic E-state index is 0.337. The third-order valence-corrected chi connectivity index (χ3v) is 3.24. The summed E-state index contributed by atoms with van der Waals surface area (Å²) in [7, 11) is 0. The lowest BCUT2D eigenvalue weighted by molar-refractivity contribution is -0.139. The van der Waals surface area contributed by atoms with Gasteiger partial charge in [0.15, 0.2) is 0 Å². The van der Waals surface area contributed by atoms with Gasteiger partial charge in [0.25, 0.3) is 5.91 Å². The average molecular weight is 347 g/mol. The van der Waals surface area contributed by atoms with E-state index in [2.05, 4.69) is 27.9 Å². The van der Waals surface area contributed by atoms with Gasteiger partial charge in [-0.15, -0.1) is 0 Å². The summed E-state index contributed by atoms with van der Waals surface area (Å²) in [5.41, 5.74) is 0.510. The summed E-state index contributed by atoms with van der Waals surface area (Å²) >= 11 is 2.05. The fraction of sp³-hybridized carbons (Fsp3) is 0.333. The standard InChI is InChI=1S/C12H14INO3/c1-2-5-10(12(16)17)14-11(15)8-6-3-4-7-9(8)13/h3-4,6-7,10H,2,5H2,1H3,(H,14,15)(H,16,17). The Hall–Kier alpha value is -1.11. The van der Waals surface area contributed by atoms with Crippen molar-refractivity contribution in [1.29, 1.82) is 0 Å². The summed E-state index contributed by atoms with van der Waals surface area (Å²) < 4.78 is 0.809. The van der Waals surface area contributed by atoms with Crippen LogP contribution in [0, 0.1) is 3.57 Å². The third-order valence-electron chi connectivity index (χ3n) is 2.30. The van der Waals surface area contributed by atoms with Gasteiger partial charge in [0.1, 0.15) is 6.04 Å². The van der Waals surface area contributed by atoms with Gasteiger partial charge in [-0.1, -0.05) is 25.5 Å². The molecule has 5 heteroatoms. The fourth-order valence-electron chi connectivity index (χ4n) is 1.43. The van der Waals surface area contributed by atoms with E-state index in [9.17, 15) is 9.59 Å². The van der Waals surface area contributed by atoms with Crippen molar-refractivity contribution in [2.75, 3.05) is 0 Å². The molecule has 92 valence electrons. The van der Waals surface area contributed by atoms with Crippen LogP contribution in [0.3, 0.4) is 0 Å². The van der Waals surface area contributed by atoms with E-state index in [4.69, 9.17) is 5.11 Å². The zero-order chi connectivity index (χ0) is 12.8. The maximum absolute atomic E-state index is 11.9. The number of nitrogens with one attached hydrogen (secondary N) is 1. The van der Waals surface area contributed by atoms with Gasteiger partial charge in [0, 0.05) is 3.57 Å². The maximum atomic E-state index is 11.9. The van der Waals surface area contributed by atoms with E-state index in [0.717, 1.165) is 3.57 Å². The van der Waals surface area contributed by atoms with Crippen molar-refractivity contribution in [3.8, 4) is 0 Å². The second-order valence-electron chi connectivity index (χ2n) is 3.63. The van der Waals surface area contributed by atoms with E-state index in [0.29, 0.717) is 18.4 Å². The molecular formula is C12H14INO3. The van der Waals surface area contributed by atoms with Crippen molar-refractivity contribution < 1.29 is 14.7 Å². The third kappa shape index (κ3) is 3.99. The number of amides is 1. The molecule has 1 atom stereocenters. The van der Waals surface area contributed by atoms with Crippen LogP contribution >= 0.6 is 22.6 Å². The largest absolute Gasteiger partial charge is 0.480 e. The van der Waals surface area contributed by atoms with Crippen molar-refractivity contribution in [2.45, 2.75) is 25.8 Å². The first-order chi connectivity index (χ1) is 8.06. The average Bonchev–Trinajstić information content (AvgIpc) is 2.28. The minimum Gasteiger partial charge on any atom is -0.480 e. The number of aliphatic carboxylic acids is 1. The Morgan fingerprint density at radius 2 is 2.06 bits per heavy atom. The SMILES string of the molecule is CCCC(NC(=O)c1ccccc1I)C(=O)O. The van der Waals surface area contributed by atoms with E-state index >= 15 is 0 Å². The van der Waals surface area contributed by atoms with Gasteiger partial charge in [-0.25, -0.2) is 4.79 Å². The number of carboxylic acids is 1. The van der Waals surface area contributed by atoms with Crippen molar-refractivity contribution in [3.63, 3.8) is 0 Å². The Kier molecular flexibility index (Phi) is 5.40. The highest BCUT2D eigenvalue weighted by molar-refractivity contribution is 14.1. The van der Waals surface area contributed by atoms with E-state index in [1.165, 1.54) is 0 Å². The molecule has 0 spiro atoms. The molecule has 17 heavy (non-hydrogen) atoms. The molecule has 1 unspecified atom stereocenters. The van der Waals surface area contributed by atoms with Crippen LogP contribution in [0.5, 0.6) is 0 Å². The highest BCUT2D eigenvalue weighted by Gasteiger charge is 2.20. The monoisotopic (exact) mass is 347 g/mol. The molecule has 0 saturated carbocycles. The zero-order valence-electron chi connectivity index (χ0n) is 9.44. The second kappa shape index (κ2) is 6.58. The Bertz CT molecular complexity index is 420. The van der Waals surface area contributed by atoms with Crippen molar-refractivity contribution in [3.05, 3.63) is 33.4 Å². The number of hydrogen-bond acceptors (Lipinski definition) is 2. The molecule has 0 aliphatic carbocycles.